The van der Waals surface area contributed by atoms with E-state index in [4.69, 9.17) is 14.9 Å². The van der Waals surface area contributed by atoms with Crippen LogP contribution in [0.3, 0.4) is 0 Å². The smallest absolute Gasteiger partial charge is 0.337 e. The molecule has 1 saturated carbocycles. The molecule has 1 aromatic carbocycles. The Labute approximate surface area is 93.5 Å². The average Bonchev–Trinajstić information content (AvgIpc) is 2.23. The van der Waals surface area contributed by atoms with Crippen LogP contribution < -0.4 is 0 Å². The summed E-state index contributed by atoms with van der Waals surface area (Å²) in [6, 6.07) is 8.85. The third-order valence-corrected chi connectivity index (χ3v) is 2.73. The van der Waals surface area contributed by atoms with Gasteiger partial charge in [0, 0.05) is 0 Å². The van der Waals surface area contributed by atoms with Crippen LogP contribution in [0.15, 0.2) is 30.3 Å². The number of aliphatic hydroxyl groups excluding tert-OH is 1. The summed E-state index contributed by atoms with van der Waals surface area (Å²) in [6.45, 7) is 0. The third-order valence-electron chi connectivity index (χ3n) is 2.73. The summed E-state index contributed by atoms with van der Waals surface area (Å²) in [7, 11) is 0. The zero-order valence-electron chi connectivity index (χ0n) is 8.74. The highest BCUT2D eigenvalue weighted by Crippen LogP contribution is 2.29. The van der Waals surface area contributed by atoms with Gasteiger partial charge in [-0.25, -0.2) is 4.79 Å². The molecule has 0 bridgehead atoms. The van der Waals surface area contributed by atoms with Gasteiger partial charge in [-0.2, -0.15) is 0 Å². The number of aliphatic hydroxyl groups is 1. The van der Waals surface area contributed by atoms with Crippen molar-refractivity contribution in [3.63, 3.8) is 0 Å². The maximum absolute atomic E-state index is 11.1. The van der Waals surface area contributed by atoms with Crippen molar-refractivity contribution in [1.82, 2.24) is 0 Å². The van der Waals surface area contributed by atoms with Crippen LogP contribution in [0, 0.1) is 0 Å². The van der Waals surface area contributed by atoms with Crippen LogP contribution in [0.1, 0.15) is 24.5 Å². The third kappa shape index (κ3) is 2.40. The molecule has 4 nitrogen and oxygen atoms in total. The minimum atomic E-state index is -0.993. The number of ether oxygens (including phenoxy) is 1. The monoisotopic (exact) mass is 222 g/mol. The number of aliphatic carboxylic acids is 1. The average molecular weight is 222 g/mol. The molecular formula is C12H14O4. The summed E-state index contributed by atoms with van der Waals surface area (Å²) in [5, 5.41) is 18.2. The van der Waals surface area contributed by atoms with Crippen LogP contribution in [0.25, 0.3) is 0 Å². The molecule has 1 unspecified atom stereocenters. The second-order valence-corrected chi connectivity index (χ2v) is 4.01. The Morgan fingerprint density at radius 3 is 2.44 bits per heavy atom. The molecule has 2 N–H and O–H groups in total. The van der Waals surface area contributed by atoms with E-state index in [0.717, 1.165) is 0 Å². The van der Waals surface area contributed by atoms with E-state index in [9.17, 15) is 4.79 Å². The van der Waals surface area contributed by atoms with E-state index in [2.05, 4.69) is 0 Å². The maximum Gasteiger partial charge on any atom is 0.337 e. The number of hydrogen-bond acceptors (Lipinski definition) is 3. The van der Waals surface area contributed by atoms with Crippen LogP contribution in [0.4, 0.5) is 0 Å². The Morgan fingerprint density at radius 2 is 1.94 bits per heavy atom. The van der Waals surface area contributed by atoms with Gasteiger partial charge < -0.3 is 14.9 Å². The SMILES string of the molecule is O=C(O)C(OC1CC(O)C1)c1ccccc1. The molecule has 0 aromatic heterocycles. The fourth-order valence-corrected chi connectivity index (χ4v) is 1.75. The number of carbonyl (C=O) groups is 1. The summed E-state index contributed by atoms with van der Waals surface area (Å²) >= 11 is 0. The molecule has 0 aliphatic heterocycles. The fourth-order valence-electron chi connectivity index (χ4n) is 1.75. The first-order valence-electron chi connectivity index (χ1n) is 5.28. The molecule has 1 aromatic rings. The molecule has 0 amide bonds. The first kappa shape index (κ1) is 11.1. The van der Waals surface area contributed by atoms with Crippen molar-refractivity contribution in [3.05, 3.63) is 35.9 Å². The van der Waals surface area contributed by atoms with Gasteiger partial charge in [0.25, 0.3) is 0 Å². The number of benzene rings is 1. The van der Waals surface area contributed by atoms with Crippen LogP contribution in [-0.4, -0.2) is 28.4 Å². The van der Waals surface area contributed by atoms with Gasteiger partial charge in [-0.15, -0.1) is 0 Å². The zero-order chi connectivity index (χ0) is 11.5. The molecule has 1 atom stereocenters. The van der Waals surface area contributed by atoms with Crippen LogP contribution in [-0.2, 0) is 9.53 Å². The van der Waals surface area contributed by atoms with Crippen molar-refractivity contribution in [1.29, 1.82) is 0 Å². The summed E-state index contributed by atoms with van der Waals surface area (Å²) in [5.41, 5.74) is 0.636. The molecule has 1 aliphatic rings. The van der Waals surface area contributed by atoms with Gasteiger partial charge in [-0.3, -0.25) is 0 Å². The van der Waals surface area contributed by atoms with E-state index in [1.807, 2.05) is 6.07 Å². The van der Waals surface area contributed by atoms with Gasteiger partial charge in [0.2, 0.25) is 0 Å². The van der Waals surface area contributed by atoms with E-state index >= 15 is 0 Å². The van der Waals surface area contributed by atoms with Crippen LogP contribution in [0.2, 0.25) is 0 Å². The van der Waals surface area contributed by atoms with Gasteiger partial charge >= 0.3 is 5.97 Å². The van der Waals surface area contributed by atoms with Crippen molar-refractivity contribution in [3.8, 4) is 0 Å². The van der Waals surface area contributed by atoms with Gasteiger partial charge in [-0.1, -0.05) is 30.3 Å². The van der Waals surface area contributed by atoms with Crippen molar-refractivity contribution in [2.75, 3.05) is 0 Å². The highest BCUT2D eigenvalue weighted by molar-refractivity contribution is 5.74. The Kier molecular flexibility index (Phi) is 3.22. The molecular weight excluding hydrogens is 208 g/mol. The standard InChI is InChI=1S/C12H14O4/c13-9-6-10(7-9)16-11(12(14)15)8-4-2-1-3-5-8/h1-5,9-11,13H,6-7H2,(H,14,15). The Balaban J connectivity index is 2.03. The molecule has 0 spiro atoms. The normalized spacial score (nSPS) is 25.8. The second kappa shape index (κ2) is 4.63. The molecule has 4 heteroatoms. The molecule has 1 fully saturated rings. The van der Waals surface area contributed by atoms with E-state index in [-0.39, 0.29) is 12.2 Å². The second-order valence-electron chi connectivity index (χ2n) is 4.01. The van der Waals surface area contributed by atoms with Crippen molar-refractivity contribution < 1.29 is 19.7 Å². The van der Waals surface area contributed by atoms with E-state index in [1.165, 1.54) is 0 Å². The van der Waals surface area contributed by atoms with E-state index in [1.54, 1.807) is 24.3 Å². The van der Waals surface area contributed by atoms with E-state index < -0.39 is 12.1 Å². The minimum absolute atomic E-state index is 0.142. The first-order chi connectivity index (χ1) is 7.66. The quantitative estimate of drug-likeness (QED) is 0.807. The molecule has 2 rings (SSSR count). The lowest BCUT2D eigenvalue weighted by molar-refractivity contribution is -0.164. The lowest BCUT2D eigenvalue weighted by Crippen LogP contribution is -2.37. The van der Waals surface area contributed by atoms with Gasteiger partial charge in [0.05, 0.1) is 12.2 Å². The maximum atomic E-state index is 11.1. The highest BCUT2D eigenvalue weighted by atomic mass is 16.5. The van der Waals surface area contributed by atoms with Crippen LogP contribution >= 0.6 is 0 Å². The molecule has 86 valence electrons. The Bertz CT molecular complexity index is 357. The summed E-state index contributed by atoms with van der Waals surface area (Å²) < 4.78 is 5.44. The predicted molar refractivity (Wildman–Crippen MR) is 56.9 cm³/mol. The molecule has 1 aliphatic carbocycles. The largest absolute Gasteiger partial charge is 0.479 e. The first-order valence-corrected chi connectivity index (χ1v) is 5.28. The van der Waals surface area contributed by atoms with Crippen molar-refractivity contribution in [2.45, 2.75) is 31.2 Å². The predicted octanol–water partition coefficient (Wildman–Crippen LogP) is 1.35. The van der Waals surface area contributed by atoms with Crippen LogP contribution in [0.5, 0.6) is 0 Å². The van der Waals surface area contributed by atoms with Crippen molar-refractivity contribution >= 4 is 5.97 Å². The molecule has 0 radical (unpaired) electrons. The number of rotatable bonds is 4. The van der Waals surface area contributed by atoms with Gasteiger partial charge in [0.1, 0.15) is 0 Å². The number of carboxylic acid groups (broad SMARTS) is 1. The summed E-state index contributed by atoms with van der Waals surface area (Å²) in [6.07, 6.45) is -0.363. The Hall–Kier alpha value is -1.39. The van der Waals surface area contributed by atoms with E-state index in [0.29, 0.717) is 18.4 Å². The minimum Gasteiger partial charge on any atom is -0.479 e. The highest BCUT2D eigenvalue weighted by Gasteiger charge is 2.33. The molecule has 0 saturated heterocycles. The fraction of sp³-hybridized carbons (Fsp3) is 0.417. The van der Waals surface area contributed by atoms with Gasteiger partial charge in [0.15, 0.2) is 6.10 Å². The zero-order valence-corrected chi connectivity index (χ0v) is 8.74. The molecule has 0 heterocycles. The summed E-state index contributed by atoms with van der Waals surface area (Å²) in [5.74, 6) is -0.993. The summed E-state index contributed by atoms with van der Waals surface area (Å²) in [4.78, 5) is 11.1. The molecule has 16 heavy (non-hydrogen) atoms. The lowest BCUT2D eigenvalue weighted by Gasteiger charge is -2.33. The van der Waals surface area contributed by atoms with Gasteiger partial charge in [-0.05, 0) is 18.4 Å². The van der Waals surface area contributed by atoms with Crippen molar-refractivity contribution in [2.24, 2.45) is 0 Å². The Morgan fingerprint density at radius 1 is 1.31 bits per heavy atom. The number of carboxylic acids is 1. The number of hydrogen-bond donors (Lipinski definition) is 2. The lowest BCUT2D eigenvalue weighted by atomic mass is 9.92. The topological polar surface area (TPSA) is 66.8 Å².